The van der Waals surface area contributed by atoms with Crippen LogP contribution in [0.15, 0.2) is 0 Å². The van der Waals surface area contributed by atoms with Crippen LogP contribution < -0.4 is 5.73 Å². The second-order valence-corrected chi connectivity index (χ2v) is 4.91. The van der Waals surface area contributed by atoms with Gasteiger partial charge in [0.2, 0.25) is 0 Å². The average molecular weight is 191 g/mol. The SMILES string of the molecule is Cc1c2c(nn1C)CCC1(CC1)C2N. The van der Waals surface area contributed by atoms with E-state index in [-0.39, 0.29) is 6.04 Å². The van der Waals surface area contributed by atoms with Crippen molar-refractivity contribution in [3.05, 3.63) is 17.0 Å². The number of fused-ring (bicyclic) bond motifs is 1. The van der Waals surface area contributed by atoms with Crippen molar-refractivity contribution in [1.82, 2.24) is 9.78 Å². The lowest BCUT2D eigenvalue weighted by Gasteiger charge is -2.28. The van der Waals surface area contributed by atoms with E-state index in [0.717, 1.165) is 6.42 Å². The maximum Gasteiger partial charge on any atom is 0.0675 e. The summed E-state index contributed by atoms with van der Waals surface area (Å²) in [6.07, 6.45) is 5.02. The van der Waals surface area contributed by atoms with Crippen molar-refractivity contribution >= 4 is 0 Å². The van der Waals surface area contributed by atoms with Gasteiger partial charge in [-0.05, 0) is 38.0 Å². The summed E-state index contributed by atoms with van der Waals surface area (Å²) >= 11 is 0. The summed E-state index contributed by atoms with van der Waals surface area (Å²) in [6.45, 7) is 2.13. The molecule has 2 N–H and O–H groups in total. The predicted molar refractivity (Wildman–Crippen MR) is 54.9 cm³/mol. The van der Waals surface area contributed by atoms with Crippen LogP contribution in [0.4, 0.5) is 0 Å². The molecule has 2 aliphatic carbocycles. The topological polar surface area (TPSA) is 43.8 Å². The first-order chi connectivity index (χ1) is 6.64. The first-order valence-electron chi connectivity index (χ1n) is 5.42. The van der Waals surface area contributed by atoms with Crippen LogP contribution in [0.3, 0.4) is 0 Å². The number of hydrogen-bond donors (Lipinski definition) is 1. The molecule has 3 rings (SSSR count). The van der Waals surface area contributed by atoms with Gasteiger partial charge in [-0.2, -0.15) is 5.10 Å². The van der Waals surface area contributed by atoms with E-state index in [2.05, 4.69) is 12.0 Å². The van der Waals surface area contributed by atoms with E-state index in [1.54, 1.807) is 0 Å². The lowest BCUT2D eigenvalue weighted by atomic mass is 9.80. The first-order valence-corrected chi connectivity index (χ1v) is 5.42. The fraction of sp³-hybridized carbons (Fsp3) is 0.727. The van der Waals surface area contributed by atoms with E-state index in [4.69, 9.17) is 5.73 Å². The van der Waals surface area contributed by atoms with Gasteiger partial charge in [-0.15, -0.1) is 0 Å². The molecule has 1 atom stereocenters. The monoisotopic (exact) mass is 191 g/mol. The fourth-order valence-corrected chi connectivity index (χ4v) is 2.83. The molecular formula is C11H17N3. The van der Waals surface area contributed by atoms with Gasteiger partial charge in [-0.3, -0.25) is 4.68 Å². The maximum atomic E-state index is 6.35. The van der Waals surface area contributed by atoms with Crippen LogP contribution >= 0.6 is 0 Å². The van der Waals surface area contributed by atoms with Gasteiger partial charge in [0.1, 0.15) is 0 Å². The highest BCUT2D eigenvalue weighted by atomic mass is 15.3. The van der Waals surface area contributed by atoms with Gasteiger partial charge in [0.25, 0.3) is 0 Å². The third-order valence-corrected chi connectivity index (χ3v) is 4.18. The molecule has 1 unspecified atom stereocenters. The Morgan fingerprint density at radius 1 is 1.43 bits per heavy atom. The lowest BCUT2D eigenvalue weighted by Crippen LogP contribution is -2.28. The Balaban J connectivity index is 2.13. The van der Waals surface area contributed by atoms with Gasteiger partial charge in [0.15, 0.2) is 0 Å². The molecule has 0 aromatic carbocycles. The molecule has 1 fully saturated rings. The number of nitrogens with zero attached hydrogens (tertiary/aromatic N) is 2. The van der Waals surface area contributed by atoms with E-state index in [1.807, 2.05) is 11.7 Å². The van der Waals surface area contributed by atoms with Crippen LogP contribution in [0.5, 0.6) is 0 Å². The highest BCUT2D eigenvalue weighted by Crippen LogP contribution is 2.60. The Morgan fingerprint density at radius 3 is 2.79 bits per heavy atom. The molecule has 3 heteroatoms. The van der Waals surface area contributed by atoms with Gasteiger partial charge >= 0.3 is 0 Å². The first kappa shape index (κ1) is 8.48. The Hall–Kier alpha value is -0.830. The van der Waals surface area contributed by atoms with Crippen molar-refractivity contribution in [2.45, 2.75) is 38.6 Å². The summed E-state index contributed by atoms with van der Waals surface area (Å²) in [5.74, 6) is 0. The minimum Gasteiger partial charge on any atom is -0.323 e. The number of aromatic nitrogens is 2. The molecule has 0 radical (unpaired) electrons. The molecule has 0 amide bonds. The molecule has 1 heterocycles. The summed E-state index contributed by atoms with van der Waals surface area (Å²) in [5, 5.41) is 4.53. The molecule has 76 valence electrons. The average Bonchev–Trinajstić information content (AvgIpc) is 2.87. The zero-order valence-corrected chi connectivity index (χ0v) is 8.88. The highest BCUT2D eigenvalue weighted by molar-refractivity contribution is 5.35. The fourth-order valence-electron chi connectivity index (χ4n) is 2.83. The van der Waals surface area contributed by atoms with Crippen molar-refractivity contribution in [3.8, 4) is 0 Å². The van der Waals surface area contributed by atoms with Crippen LogP contribution in [-0.2, 0) is 13.5 Å². The van der Waals surface area contributed by atoms with E-state index < -0.39 is 0 Å². The highest BCUT2D eigenvalue weighted by Gasteiger charge is 2.51. The molecular weight excluding hydrogens is 174 g/mol. The number of rotatable bonds is 0. The van der Waals surface area contributed by atoms with E-state index >= 15 is 0 Å². The minimum absolute atomic E-state index is 0.250. The molecule has 0 saturated heterocycles. The summed E-state index contributed by atoms with van der Waals surface area (Å²) < 4.78 is 1.98. The Bertz CT molecular complexity index is 387. The van der Waals surface area contributed by atoms with Crippen molar-refractivity contribution < 1.29 is 0 Å². The third kappa shape index (κ3) is 0.883. The van der Waals surface area contributed by atoms with Gasteiger partial charge < -0.3 is 5.73 Å². The molecule has 1 aromatic rings. The number of hydrogen-bond acceptors (Lipinski definition) is 2. The van der Waals surface area contributed by atoms with Crippen molar-refractivity contribution in [1.29, 1.82) is 0 Å². The zero-order valence-electron chi connectivity index (χ0n) is 8.88. The Morgan fingerprint density at radius 2 is 2.14 bits per heavy atom. The molecule has 14 heavy (non-hydrogen) atoms. The smallest absolute Gasteiger partial charge is 0.0675 e. The summed E-state index contributed by atoms with van der Waals surface area (Å²) in [5.41, 5.74) is 10.7. The number of nitrogens with two attached hydrogens (primary N) is 1. The Labute approximate surface area is 84.3 Å². The normalized spacial score (nSPS) is 27.8. The minimum atomic E-state index is 0.250. The number of aryl methyl sites for hydroxylation is 2. The van der Waals surface area contributed by atoms with Gasteiger partial charge in [0.05, 0.1) is 5.69 Å². The molecule has 2 aliphatic rings. The second kappa shape index (κ2) is 2.40. The predicted octanol–water partition coefficient (Wildman–Crippen LogP) is 1.45. The summed E-state index contributed by atoms with van der Waals surface area (Å²) in [7, 11) is 2.01. The summed E-state index contributed by atoms with van der Waals surface area (Å²) in [6, 6.07) is 0.250. The molecule has 1 aromatic heterocycles. The van der Waals surface area contributed by atoms with Crippen LogP contribution in [0.25, 0.3) is 0 Å². The van der Waals surface area contributed by atoms with E-state index in [0.29, 0.717) is 5.41 Å². The van der Waals surface area contributed by atoms with Crippen molar-refractivity contribution in [2.75, 3.05) is 0 Å². The van der Waals surface area contributed by atoms with Crippen molar-refractivity contribution in [3.63, 3.8) is 0 Å². The molecule has 0 aliphatic heterocycles. The maximum absolute atomic E-state index is 6.35. The van der Waals surface area contributed by atoms with E-state index in [9.17, 15) is 0 Å². The van der Waals surface area contributed by atoms with Crippen LogP contribution in [0.1, 0.15) is 42.3 Å². The summed E-state index contributed by atoms with van der Waals surface area (Å²) in [4.78, 5) is 0. The van der Waals surface area contributed by atoms with Gasteiger partial charge in [-0.1, -0.05) is 0 Å². The quantitative estimate of drug-likeness (QED) is 0.674. The van der Waals surface area contributed by atoms with Crippen LogP contribution in [0.2, 0.25) is 0 Å². The zero-order chi connectivity index (χ0) is 9.92. The van der Waals surface area contributed by atoms with E-state index in [1.165, 1.54) is 36.2 Å². The Kier molecular flexibility index (Phi) is 1.45. The van der Waals surface area contributed by atoms with Gasteiger partial charge in [0, 0.05) is 24.3 Å². The lowest BCUT2D eigenvalue weighted by molar-refractivity contribution is 0.352. The van der Waals surface area contributed by atoms with Crippen LogP contribution in [0, 0.1) is 12.3 Å². The largest absolute Gasteiger partial charge is 0.323 e. The molecule has 0 bridgehead atoms. The third-order valence-electron chi connectivity index (χ3n) is 4.18. The molecule has 1 spiro atoms. The van der Waals surface area contributed by atoms with Crippen LogP contribution in [-0.4, -0.2) is 9.78 Å². The molecule has 3 nitrogen and oxygen atoms in total. The van der Waals surface area contributed by atoms with Crippen molar-refractivity contribution in [2.24, 2.45) is 18.2 Å². The second-order valence-electron chi connectivity index (χ2n) is 4.91. The van der Waals surface area contributed by atoms with Gasteiger partial charge in [-0.25, -0.2) is 0 Å². The standard InChI is InChI=1S/C11H17N3/c1-7-9-8(13-14(7)2)3-4-11(5-6-11)10(9)12/h10H,3-6,12H2,1-2H3. The molecule has 1 saturated carbocycles.